The van der Waals surface area contributed by atoms with Gasteiger partial charge in [-0.1, -0.05) is 106 Å². The van der Waals surface area contributed by atoms with Crippen molar-refractivity contribution in [2.45, 2.75) is 232 Å². The van der Waals surface area contributed by atoms with Crippen molar-refractivity contribution >= 4 is 96.5 Å². The number of rotatable bonds is 29. The normalized spacial score (nSPS) is 15.2. The largest absolute Gasteiger partial charge is 0.469 e. The van der Waals surface area contributed by atoms with Crippen LogP contribution in [0.5, 0.6) is 0 Å². The minimum atomic E-state index is -0.567. The average molecular weight is 1490 g/mol. The number of para-hydroxylation sites is 3. The van der Waals surface area contributed by atoms with Crippen LogP contribution >= 0.6 is 11.6 Å². The van der Waals surface area contributed by atoms with Gasteiger partial charge < -0.3 is 44.8 Å². The third-order valence-electron chi connectivity index (χ3n) is 18.5. The second kappa shape index (κ2) is 41.5. The molecule has 0 saturated carbocycles. The number of carbonyl (C=O) groups is 4. The number of carbonyl (C=O) groups excluding carboxylic acids is 4. The van der Waals surface area contributed by atoms with E-state index in [-0.39, 0.29) is 48.5 Å². The zero-order chi connectivity index (χ0) is 76.1. The smallest absolute Gasteiger partial charge is 0.408 e. The Morgan fingerprint density at radius 3 is 1.37 bits per heavy atom. The van der Waals surface area contributed by atoms with Crippen LogP contribution < -0.4 is 16.4 Å². The molecule has 2 saturated heterocycles. The van der Waals surface area contributed by atoms with E-state index in [0.717, 1.165) is 208 Å². The van der Waals surface area contributed by atoms with Gasteiger partial charge in [-0.05, 0) is 155 Å². The molecule has 27 nitrogen and oxygen atoms in total. The molecule has 2 aliphatic rings. The Labute approximate surface area is 630 Å². The van der Waals surface area contributed by atoms with Crippen LogP contribution in [0.25, 0.3) is 55.0 Å². The number of methoxy groups -OCH3 is 3. The van der Waals surface area contributed by atoms with Crippen LogP contribution in [0.3, 0.4) is 0 Å². The number of ether oxygens (including phenoxy) is 6. The number of esters is 3. The Hall–Kier alpha value is -9.57. The summed E-state index contributed by atoms with van der Waals surface area (Å²) in [5.74, 6) is 2.22. The van der Waals surface area contributed by atoms with Crippen LogP contribution in [0, 0.1) is 0 Å². The zero-order valence-electron chi connectivity index (χ0n) is 63.3. The topological polar surface area (TPSA) is 338 Å². The lowest BCUT2D eigenvalue weighted by molar-refractivity contribution is -0.141. The van der Waals surface area contributed by atoms with Crippen molar-refractivity contribution in [3.05, 3.63) is 138 Å². The first-order valence-electron chi connectivity index (χ1n) is 37.6. The standard InChI is InChI=1S/C28H35N7O3.C23H33N3O4.C18H25N3O2.C10H11ClN4O/c1-3-20(32-27-25-28(30-17-29-27)35(18-31-25)23-14-9-10-16-38-23)26-33-21(12-5-4-6-15-24(36)37-2)19-11-7-8-13-22(19)34-26;1-6-17(26-22(28)30-23(2,3)4)21-24-18(13-8-7-9-15-20(27)29-5)16-12-10-11-14-19(16)25-21;1-3-14(19)18-20-15(10-5-4-6-12-17(22)23-2)13-9-7-8-11-16(13)21-18;11-9-8-10(13-5-12-9)15(6-14-8)7-3-1-2-4-16-7/h7-8,11,13,17-18,20,23H,3-6,9-10,12,14-16H2,1-2H3,(H,29,30,32);10-12,14,17H,6-9,13,15H2,1-5H3,(H,26,28);7-9,11,14H,3-6,10,12,19H2,1-2H3;5-7H,1-4H2/t20-,23?;17-;14-;/m000./s1. The zero-order valence-corrected chi connectivity index (χ0v) is 64.1. The van der Waals surface area contributed by atoms with Gasteiger partial charge in [0.2, 0.25) is 0 Å². The number of nitrogens with two attached hydrogens (primary N) is 1. The fraction of sp³-hybridized carbons (Fsp3) is 0.519. The maximum absolute atomic E-state index is 12.2. The summed E-state index contributed by atoms with van der Waals surface area (Å²) < 4.78 is 35.1. The molecule has 2 unspecified atom stereocenters. The van der Waals surface area contributed by atoms with Gasteiger partial charge in [0.1, 0.15) is 42.1 Å². The molecule has 10 aromatic rings. The summed E-state index contributed by atoms with van der Waals surface area (Å²) in [4.78, 5) is 101. The van der Waals surface area contributed by atoms with E-state index in [1.54, 1.807) is 19.0 Å². The predicted octanol–water partition coefficient (Wildman–Crippen LogP) is 15.7. The van der Waals surface area contributed by atoms with Crippen molar-refractivity contribution in [2.75, 3.05) is 39.9 Å². The SMILES string of the molecule is CC[C@H](N)c1nc(CCCCCC(=O)OC)c2ccccc2n1.CC[C@H](NC(=O)OC(C)(C)C)c1nc(CCCCCC(=O)OC)c2ccccc2n1.CC[C@H](Nc1ncnc2c1ncn2C1CCCCO1)c1nc(CCCCCC(=O)OC)c2ccccc2n1.Clc1ncnc2c1ncn2C1CCCCO1. The van der Waals surface area contributed by atoms with Crippen LogP contribution in [-0.2, 0) is 62.1 Å². The lowest BCUT2D eigenvalue weighted by Crippen LogP contribution is -2.35. The number of hydrogen-bond donors (Lipinski definition) is 3. The second-order valence-electron chi connectivity index (χ2n) is 27.5. The van der Waals surface area contributed by atoms with Crippen molar-refractivity contribution in [3.8, 4) is 0 Å². The molecular weight excluding hydrogens is 1380 g/mol. The van der Waals surface area contributed by atoms with Crippen LogP contribution in [-0.4, -0.2) is 133 Å². The number of aryl methyl sites for hydroxylation is 3. The molecule has 2 fully saturated rings. The van der Waals surface area contributed by atoms with Crippen molar-refractivity contribution in [1.29, 1.82) is 0 Å². The number of hydrogen-bond acceptors (Lipinski definition) is 24. The molecular formula is C79H104ClN17O10. The lowest BCUT2D eigenvalue weighted by atomic mass is 10.1. The molecule has 0 radical (unpaired) electrons. The lowest BCUT2D eigenvalue weighted by Gasteiger charge is -2.23. The predicted molar refractivity (Wildman–Crippen MR) is 411 cm³/mol. The minimum absolute atomic E-state index is 0.0321. The van der Waals surface area contributed by atoms with Gasteiger partial charge in [0, 0.05) is 48.6 Å². The van der Waals surface area contributed by atoms with Gasteiger partial charge in [0.15, 0.2) is 39.4 Å². The number of anilines is 1. The van der Waals surface area contributed by atoms with E-state index in [1.807, 2.05) is 104 Å². The van der Waals surface area contributed by atoms with Crippen LogP contribution in [0.1, 0.15) is 242 Å². The number of nitrogens with zero attached hydrogens (tertiary/aromatic N) is 14. The van der Waals surface area contributed by atoms with Gasteiger partial charge >= 0.3 is 24.0 Å². The first-order valence-corrected chi connectivity index (χ1v) is 38.0. The number of fused-ring (bicyclic) bond motifs is 5. The van der Waals surface area contributed by atoms with E-state index in [4.69, 9.17) is 61.2 Å². The van der Waals surface area contributed by atoms with Gasteiger partial charge in [0.05, 0.1) is 85.7 Å². The molecule has 5 atom stereocenters. The molecule has 3 aromatic carbocycles. The van der Waals surface area contributed by atoms with Crippen LogP contribution in [0.2, 0.25) is 5.15 Å². The average Bonchev–Trinajstić information content (AvgIpc) is 1.67. The van der Waals surface area contributed by atoms with Gasteiger partial charge in [-0.25, -0.2) is 64.6 Å². The van der Waals surface area contributed by atoms with Crippen molar-refractivity contribution < 1.29 is 47.6 Å². The quantitative estimate of drug-likeness (QED) is 0.0170. The Bertz CT molecular complexity index is 4500. The van der Waals surface area contributed by atoms with Gasteiger partial charge in [0.25, 0.3) is 0 Å². The number of aromatic nitrogens is 14. The Kier molecular flexibility index (Phi) is 31.6. The molecule has 4 N–H and O–H groups in total. The molecule has 107 heavy (non-hydrogen) atoms. The number of alkyl carbamates (subject to hydrolysis) is 1. The highest BCUT2D eigenvalue weighted by atomic mass is 35.5. The summed E-state index contributed by atoms with van der Waals surface area (Å²) in [5, 5.41) is 9.99. The van der Waals surface area contributed by atoms with Gasteiger partial charge in [-0.3, -0.25) is 23.5 Å². The second-order valence-corrected chi connectivity index (χ2v) is 27.8. The van der Waals surface area contributed by atoms with Crippen molar-refractivity contribution in [3.63, 3.8) is 0 Å². The first kappa shape index (κ1) is 81.5. The first-order chi connectivity index (χ1) is 51.9. The number of amides is 1. The summed E-state index contributed by atoms with van der Waals surface area (Å²) >= 11 is 5.94. The van der Waals surface area contributed by atoms with E-state index in [9.17, 15) is 19.2 Å². The highest BCUT2D eigenvalue weighted by Crippen LogP contribution is 2.32. The molecule has 12 rings (SSSR count). The summed E-state index contributed by atoms with van der Waals surface area (Å²) in [5.41, 5.74) is 14.2. The number of halogens is 1. The Morgan fingerprint density at radius 2 is 0.944 bits per heavy atom. The summed E-state index contributed by atoms with van der Waals surface area (Å²) in [6.07, 6.45) is 26.7. The number of imidazole rings is 2. The molecule has 2 aliphatic heterocycles. The number of unbranched alkanes of at least 4 members (excludes halogenated alkanes) is 6. The summed E-state index contributed by atoms with van der Waals surface area (Å²) in [6.45, 7) is 13.2. The molecule has 9 heterocycles. The molecule has 0 spiro atoms. The number of nitrogens with one attached hydrogen (secondary N) is 2. The maximum Gasteiger partial charge on any atom is 0.408 e. The molecule has 572 valence electrons. The van der Waals surface area contributed by atoms with E-state index in [2.05, 4.69) is 74.1 Å². The third-order valence-corrected chi connectivity index (χ3v) is 18.8. The van der Waals surface area contributed by atoms with E-state index < -0.39 is 11.7 Å². The highest BCUT2D eigenvalue weighted by molar-refractivity contribution is 6.33. The molecule has 0 bridgehead atoms. The highest BCUT2D eigenvalue weighted by Gasteiger charge is 2.26. The third kappa shape index (κ3) is 23.7. The summed E-state index contributed by atoms with van der Waals surface area (Å²) in [6, 6.07) is 23.5. The fourth-order valence-electron chi connectivity index (χ4n) is 12.6. The molecule has 1 amide bonds. The fourth-order valence-corrected chi connectivity index (χ4v) is 12.8. The van der Waals surface area contributed by atoms with E-state index in [1.165, 1.54) is 34.1 Å². The Morgan fingerprint density at radius 1 is 0.523 bits per heavy atom. The molecule has 28 heteroatoms. The van der Waals surface area contributed by atoms with Crippen LogP contribution in [0.15, 0.2) is 98.1 Å². The van der Waals surface area contributed by atoms with E-state index in [0.29, 0.717) is 53.5 Å². The molecule has 7 aromatic heterocycles. The van der Waals surface area contributed by atoms with Gasteiger partial charge in [-0.15, -0.1) is 0 Å². The maximum atomic E-state index is 12.2. The van der Waals surface area contributed by atoms with Crippen molar-refractivity contribution in [1.82, 2.24) is 74.3 Å². The Balaban J connectivity index is 0.000000172. The monoisotopic (exact) mass is 1490 g/mol. The minimum Gasteiger partial charge on any atom is -0.469 e. The van der Waals surface area contributed by atoms with Crippen molar-refractivity contribution in [2.24, 2.45) is 5.73 Å². The van der Waals surface area contributed by atoms with Crippen LogP contribution in [0.4, 0.5) is 10.6 Å². The van der Waals surface area contributed by atoms with Gasteiger partial charge in [-0.2, -0.15) is 0 Å². The number of benzene rings is 3. The molecule has 0 aliphatic carbocycles. The summed E-state index contributed by atoms with van der Waals surface area (Å²) in [7, 11) is 4.26. The van der Waals surface area contributed by atoms with E-state index >= 15 is 0 Å².